The van der Waals surface area contributed by atoms with Crippen molar-refractivity contribution in [2.24, 2.45) is 5.92 Å². The van der Waals surface area contributed by atoms with Gasteiger partial charge in [0.25, 0.3) is 0 Å². The summed E-state index contributed by atoms with van der Waals surface area (Å²) in [6.45, 7) is 4.01. The van der Waals surface area contributed by atoms with Gasteiger partial charge in [0, 0.05) is 25.6 Å². The van der Waals surface area contributed by atoms with Crippen LogP contribution in [0.15, 0.2) is 12.2 Å². The van der Waals surface area contributed by atoms with Crippen LogP contribution in [-0.4, -0.2) is 44.1 Å². The van der Waals surface area contributed by atoms with Crippen LogP contribution in [0.1, 0.15) is 12.8 Å². The lowest BCUT2D eigenvalue weighted by molar-refractivity contribution is 0.0434. The number of allylic oxidation sites excluding steroid dienone is 1. The fourth-order valence-corrected chi connectivity index (χ4v) is 1.91. The molecule has 1 saturated heterocycles. The molecule has 2 nitrogen and oxygen atoms in total. The maximum absolute atomic E-state index is 5.55. The van der Waals surface area contributed by atoms with Gasteiger partial charge in [0.05, 0.1) is 6.61 Å². The molecule has 0 spiro atoms. The Bertz CT molecular complexity index is 167. The first-order valence-corrected chi connectivity index (χ1v) is 5.83. The van der Waals surface area contributed by atoms with Gasteiger partial charge in [0.1, 0.15) is 0 Å². The minimum Gasteiger partial charge on any atom is -0.381 e. The first-order valence-electron chi connectivity index (χ1n) is 5.30. The summed E-state index contributed by atoms with van der Waals surface area (Å²) in [4.78, 5) is 2.32. The molecule has 0 aliphatic carbocycles. The molecule has 0 saturated carbocycles. The molecule has 1 heterocycles. The normalized spacial score (nSPS) is 23.5. The van der Waals surface area contributed by atoms with Gasteiger partial charge >= 0.3 is 0 Å². The van der Waals surface area contributed by atoms with E-state index in [1.54, 1.807) is 0 Å². The maximum atomic E-state index is 5.55. The third-order valence-electron chi connectivity index (χ3n) is 2.50. The zero-order valence-electron chi connectivity index (χ0n) is 8.92. The van der Waals surface area contributed by atoms with E-state index in [0.717, 1.165) is 32.2 Å². The first-order chi connectivity index (χ1) is 6.83. The Morgan fingerprint density at radius 1 is 1.50 bits per heavy atom. The molecule has 1 aliphatic rings. The second-order valence-corrected chi connectivity index (χ2v) is 4.24. The van der Waals surface area contributed by atoms with Gasteiger partial charge in [0.2, 0.25) is 0 Å². The Labute approximate surface area is 91.9 Å². The molecule has 0 radical (unpaired) electrons. The van der Waals surface area contributed by atoms with Crippen molar-refractivity contribution in [3.05, 3.63) is 12.2 Å². The average molecular weight is 218 g/mol. The minimum absolute atomic E-state index is 0.611. The number of ether oxygens (including phenoxy) is 1. The fourth-order valence-electron chi connectivity index (χ4n) is 1.78. The quantitative estimate of drug-likeness (QED) is 0.517. The maximum Gasteiger partial charge on any atom is 0.0506 e. The van der Waals surface area contributed by atoms with E-state index in [1.165, 1.54) is 12.8 Å². The van der Waals surface area contributed by atoms with Crippen molar-refractivity contribution in [3.8, 4) is 0 Å². The highest BCUT2D eigenvalue weighted by Crippen LogP contribution is 2.14. The predicted octanol–water partition coefficient (Wildman–Crippen LogP) is 2.14. The van der Waals surface area contributed by atoms with Crippen molar-refractivity contribution >= 4 is 11.6 Å². The van der Waals surface area contributed by atoms with Crippen LogP contribution in [0.25, 0.3) is 0 Å². The molecule has 0 aromatic heterocycles. The van der Waals surface area contributed by atoms with Gasteiger partial charge in [-0.3, -0.25) is 0 Å². The summed E-state index contributed by atoms with van der Waals surface area (Å²) in [6.07, 6.45) is 6.64. The Hall–Kier alpha value is -0.0500. The lowest BCUT2D eigenvalue weighted by atomic mass is 10.0. The molecule has 0 amide bonds. The van der Waals surface area contributed by atoms with Gasteiger partial charge in [-0.05, 0) is 25.8 Å². The van der Waals surface area contributed by atoms with Crippen molar-refractivity contribution in [3.63, 3.8) is 0 Å². The number of rotatable bonds is 5. The lowest BCUT2D eigenvalue weighted by Gasteiger charge is -2.26. The molecule has 1 fully saturated rings. The van der Waals surface area contributed by atoms with Crippen LogP contribution in [0.2, 0.25) is 0 Å². The van der Waals surface area contributed by atoms with Crippen LogP contribution in [0, 0.1) is 5.92 Å². The van der Waals surface area contributed by atoms with E-state index in [2.05, 4.69) is 18.0 Å². The first kappa shape index (κ1) is 12.0. The molecule has 82 valence electrons. The van der Waals surface area contributed by atoms with Crippen LogP contribution in [0.5, 0.6) is 0 Å². The standard InChI is InChI=1S/C11H20ClNO/c1-13(7-3-2-6-12)9-11-5-4-8-14-10-11/h2-3,11H,4-10H2,1H3. The Balaban J connectivity index is 2.11. The molecule has 3 heteroatoms. The highest BCUT2D eigenvalue weighted by Gasteiger charge is 2.14. The molecule has 14 heavy (non-hydrogen) atoms. The molecule has 0 bridgehead atoms. The van der Waals surface area contributed by atoms with E-state index < -0.39 is 0 Å². The molecule has 0 aromatic rings. The van der Waals surface area contributed by atoms with Crippen molar-refractivity contribution in [1.82, 2.24) is 4.90 Å². The molecular weight excluding hydrogens is 198 g/mol. The molecule has 1 unspecified atom stereocenters. The fraction of sp³-hybridized carbons (Fsp3) is 0.818. The molecule has 0 N–H and O–H groups in total. The third-order valence-corrected chi connectivity index (χ3v) is 2.68. The average Bonchev–Trinajstić information content (AvgIpc) is 2.20. The largest absolute Gasteiger partial charge is 0.381 e. The van der Waals surface area contributed by atoms with Gasteiger partial charge in [0.15, 0.2) is 0 Å². The molecule has 0 aromatic carbocycles. The van der Waals surface area contributed by atoms with Gasteiger partial charge in [-0.15, -0.1) is 11.6 Å². The van der Waals surface area contributed by atoms with E-state index in [9.17, 15) is 0 Å². The van der Waals surface area contributed by atoms with Crippen LogP contribution >= 0.6 is 11.6 Å². The SMILES string of the molecule is CN(CC=CCCl)CC1CCCOC1. The zero-order valence-corrected chi connectivity index (χ0v) is 9.67. The minimum atomic E-state index is 0.611. The summed E-state index contributed by atoms with van der Waals surface area (Å²) in [6, 6.07) is 0. The van der Waals surface area contributed by atoms with Crippen LogP contribution in [0.3, 0.4) is 0 Å². The van der Waals surface area contributed by atoms with Crippen LogP contribution < -0.4 is 0 Å². The van der Waals surface area contributed by atoms with Crippen LogP contribution in [0.4, 0.5) is 0 Å². The summed E-state index contributed by atoms with van der Waals surface area (Å²) >= 11 is 5.55. The van der Waals surface area contributed by atoms with Gasteiger partial charge in [-0.1, -0.05) is 12.2 Å². The molecule has 1 atom stereocenters. The number of nitrogens with zero attached hydrogens (tertiary/aromatic N) is 1. The van der Waals surface area contributed by atoms with Gasteiger partial charge in [-0.2, -0.15) is 0 Å². The summed E-state index contributed by atoms with van der Waals surface area (Å²) in [5.41, 5.74) is 0. The van der Waals surface area contributed by atoms with E-state index >= 15 is 0 Å². The monoisotopic (exact) mass is 217 g/mol. The topological polar surface area (TPSA) is 12.5 Å². The Kier molecular flexibility index (Phi) is 6.24. The Morgan fingerprint density at radius 3 is 3.00 bits per heavy atom. The van der Waals surface area contributed by atoms with Crippen molar-refractivity contribution in [2.75, 3.05) is 39.2 Å². The highest BCUT2D eigenvalue weighted by atomic mass is 35.5. The third kappa shape index (κ3) is 4.99. The summed E-state index contributed by atoms with van der Waals surface area (Å²) in [7, 11) is 2.15. The lowest BCUT2D eigenvalue weighted by Crippen LogP contribution is -2.31. The zero-order chi connectivity index (χ0) is 10.2. The second-order valence-electron chi connectivity index (χ2n) is 3.93. The van der Waals surface area contributed by atoms with Gasteiger partial charge < -0.3 is 9.64 Å². The van der Waals surface area contributed by atoms with E-state index in [-0.39, 0.29) is 0 Å². The molecular formula is C11H20ClNO. The second kappa shape index (κ2) is 7.27. The Morgan fingerprint density at radius 2 is 2.36 bits per heavy atom. The smallest absolute Gasteiger partial charge is 0.0506 e. The molecule has 1 aliphatic heterocycles. The molecule has 1 rings (SSSR count). The number of alkyl halides is 1. The number of hydrogen-bond acceptors (Lipinski definition) is 2. The summed E-state index contributed by atoms with van der Waals surface area (Å²) in [5, 5.41) is 0. The van der Waals surface area contributed by atoms with Gasteiger partial charge in [-0.25, -0.2) is 0 Å². The summed E-state index contributed by atoms with van der Waals surface area (Å²) < 4.78 is 5.44. The predicted molar refractivity (Wildman–Crippen MR) is 60.9 cm³/mol. The summed E-state index contributed by atoms with van der Waals surface area (Å²) in [5.74, 6) is 1.33. The van der Waals surface area contributed by atoms with Crippen molar-refractivity contribution in [1.29, 1.82) is 0 Å². The number of hydrogen-bond donors (Lipinski definition) is 0. The number of halogens is 1. The number of likely N-dealkylation sites (N-methyl/N-ethyl adjacent to an activating group) is 1. The van der Waals surface area contributed by atoms with Crippen molar-refractivity contribution in [2.45, 2.75) is 12.8 Å². The van der Waals surface area contributed by atoms with Crippen LogP contribution in [-0.2, 0) is 4.74 Å². The van der Waals surface area contributed by atoms with Crippen molar-refractivity contribution < 1.29 is 4.74 Å². The van der Waals surface area contributed by atoms with E-state index in [4.69, 9.17) is 16.3 Å². The highest BCUT2D eigenvalue weighted by molar-refractivity contribution is 6.18. The van der Waals surface area contributed by atoms with E-state index in [0.29, 0.717) is 5.88 Å². The van der Waals surface area contributed by atoms with E-state index in [1.807, 2.05) is 6.08 Å².